The molecule has 0 bridgehead atoms. The van der Waals surface area contributed by atoms with Crippen LogP contribution in [0.3, 0.4) is 0 Å². The highest BCUT2D eigenvalue weighted by Crippen LogP contribution is 2.36. The number of aromatic nitrogens is 2. The van der Waals surface area contributed by atoms with Crippen molar-refractivity contribution in [2.24, 2.45) is 13.0 Å². The zero-order chi connectivity index (χ0) is 18.3. The van der Waals surface area contributed by atoms with E-state index in [4.69, 9.17) is 4.74 Å². The first-order valence-electron chi connectivity index (χ1n) is 8.87. The van der Waals surface area contributed by atoms with E-state index in [1.54, 1.807) is 17.8 Å². The molecule has 2 saturated heterocycles. The molecule has 26 heavy (non-hydrogen) atoms. The zero-order valence-corrected chi connectivity index (χ0v) is 14.5. The van der Waals surface area contributed by atoms with Crippen molar-refractivity contribution in [1.29, 1.82) is 0 Å². The monoisotopic (exact) mass is 360 g/mol. The van der Waals surface area contributed by atoms with Gasteiger partial charge in [0.05, 0.1) is 18.2 Å². The van der Waals surface area contributed by atoms with Crippen LogP contribution in [0.5, 0.6) is 5.75 Å². The minimum atomic E-state index is -0.520. The molecule has 2 aliphatic heterocycles. The van der Waals surface area contributed by atoms with Gasteiger partial charge >= 0.3 is 0 Å². The predicted octanol–water partition coefficient (Wildman–Crippen LogP) is 1.22. The molecule has 8 heteroatoms. The number of rotatable bonds is 4. The van der Waals surface area contributed by atoms with Crippen LogP contribution in [0.1, 0.15) is 30.9 Å². The summed E-state index contributed by atoms with van der Waals surface area (Å²) in [5.74, 6) is -1.07. The number of nitrogens with zero attached hydrogens (tertiary/aromatic N) is 2. The average molecular weight is 360 g/mol. The van der Waals surface area contributed by atoms with Crippen molar-refractivity contribution in [3.63, 3.8) is 0 Å². The van der Waals surface area contributed by atoms with Crippen molar-refractivity contribution in [3.05, 3.63) is 23.6 Å². The number of ether oxygens (including phenoxy) is 1. The predicted molar refractivity (Wildman–Crippen MR) is 92.3 cm³/mol. The smallest absolute Gasteiger partial charge is 0.235 e. The van der Waals surface area contributed by atoms with Crippen LogP contribution >= 0.6 is 0 Å². The molecule has 2 N–H and O–H groups in total. The summed E-state index contributed by atoms with van der Waals surface area (Å²) < 4.78 is 21.8. The molecule has 2 aromatic rings. The first-order valence-corrected chi connectivity index (χ1v) is 8.87. The second-order valence-corrected chi connectivity index (χ2v) is 6.96. The fourth-order valence-electron chi connectivity index (χ4n) is 3.75. The number of halogens is 1. The van der Waals surface area contributed by atoms with Gasteiger partial charge in [-0.1, -0.05) is 0 Å². The summed E-state index contributed by atoms with van der Waals surface area (Å²) in [6, 6.07) is 2.97. The van der Waals surface area contributed by atoms with Crippen LogP contribution in [0, 0.1) is 11.7 Å². The number of carbonyl (C=O) groups excluding carboxylic acids is 2. The topological polar surface area (TPSA) is 85.2 Å². The molecule has 2 fully saturated rings. The molecule has 138 valence electrons. The number of hydrogen-bond donors (Lipinski definition) is 2. The Balaban J connectivity index is 1.70. The van der Waals surface area contributed by atoms with Crippen molar-refractivity contribution < 1.29 is 18.7 Å². The van der Waals surface area contributed by atoms with Gasteiger partial charge in [-0.3, -0.25) is 19.6 Å². The standard InChI is InChI=1S/C18H21FN4O3/c1-23-16-11(15(22-23)12-3-5-14(24)21-18(12)25)2-4-13(19)17(16)26-9-10-6-7-20-8-10/h2,4,10,12,20H,3,5-9H2,1H3,(H,21,24,25)/t10-,12?/m1/s1. The molecule has 0 aliphatic carbocycles. The Morgan fingerprint density at radius 1 is 1.35 bits per heavy atom. The minimum absolute atomic E-state index is 0.169. The fourth-order valence-corrected chi connectivity index (χ4v) is 3.75. The molecule has 2 amide bonds. The molecular weight excluding hydrogens is 339 g/mol. The van der Waals surface area contributed by atoms with Crippen LogP contribution in [-0.4, -0.2) is 41.3 Å². The molecule has 3 heterocycles. The summed E-state index contributed by atoms with van der Waals surface area (Å²) in [5.41, 5.74) is 1.09. The van der Waals surface area contributed by atoms with Gasteiger partial charge in [-0.2, -0.15) is 5.10 Å². The lowest BCUT2D eigenvalue weighted by Gasteiger charge is -2.19. The van der Waals surface area contributed by atoms with Crippen molar-refractivity contribution >= 4 is 22.7 Å². The van der Waals surface area contributed by atoms with Crippen LogP contribution in [0.2, 0.25) is 0 Å². The molecule has 1 unspecified atom stereocenters. The van der Waals surface area contributed by atoms with E-state index in [-0.39, 0.29) is 24.0 Å². The Morgan fingerprint density at radius 3 is 2.92 bits per heavy atom. The summed E-state index contributed by atoms with van der Waals surface area (Å²) in [4.78, 5) is 23.6. The maximum atomic E-state index is 14.4. The highest BCUT2D eigenvalue weighted by Gasteiger charge is 2.32. The highest BCUT2D eigenvalue weighted by atomic mass is 19.1. The van der Waals surface area contributed by atoms with Crippen LogP contribution in [0.15, 0.2) is 12.1 Å². The molecular formula is C18H21FN4O3. The number of benzene rings is 1. The SMILES string of the molecule is Cn1nc(C2CCC(=O)NC2=O)c2ccc(F)c(OC[C@@H]3CCNC3)c21. The number of amides is 2. The summed E-state index contributed by atoms with van der Waals surface area (Å²) in [7, 11) is 1.71. The van der Waals surface area contributed by atoms with Gasteiger partial charge in [0.2, 0.25) is 11.8 Å². The third-order valence-electron chi connectivity index (χ3n) is 5.14. The fraction of sp³-hybridized carbons (Fsp3) is 0.500. The van der Waals surface area contributed by atoms with Crippen LogP contribution in [0.25, 0.3) is 10.9 Å². The summed E-state index contributed by atoms with van der Waals surface area (Å²) >= 11 is 0. The maximum Gasteiger partial charge on any atom is 0.235 e. The van der Waals surface area contributed by atoms with E-state index in [1.165, 1.54) is 6.07 Å². The number of nitrogens with one attached hydrogen (secondary N) is 2. The van der Waals surface area contributed by atoms with Crippen molar-refractivity contribution in [3.8, 4) is 5.75 Å². The van der Waals surface area contributed by atoms with Crippen LogP contribution < -0.4 is 15.4 Å². The van der Waals surface area contributed by atoms with Crippen LogP contribution in [-0.2, 0) is 16.6 Å². The molecule has 1 aromatic heterocycles. The van der Waals surface area contributed by atoms with E-state index in [2.05, 4.69) is 15.7 Å². The quantitative estimate of drug-likeness (QED) is 0.801. The summed E-state index contributed by atoms with van der Waals surface area (Å²) in [6.07, 6.45) is 1.68. The average Bonchev–Trinajstić information content (AvgIpc) is 3.23. The van der Waals surface area contributed by atoms with E-state index in [0.29, 0.717) is 35.5 Å². The zero-order valence-electron chi connectivity index (χ0n) is 14.5. The van der Waals surface area contributed by atoms with Gasteiger partial charge in [0.25, 0.3) is 0 Å². The van der Waals surface area contributed by atoms with Crippen LogP contribution in [0.4, 0.5) is 4.39 Å². The van der Waals surface area contributed by atoms with E-state index in [0.717, 1.165) is 19.5 Å². The number of imide groups is 1. The molecule has 0 spiro atoms. The van der Waals surface area contributed by atoms with E-state index in [1.807, 2.05) is 0 Å². The largest absolute Gasteiger partial charge is 0.488 e. The van der Waals surface area contributed by atoms with Crippen molar-refractivity contribution in [1.82, 2.24) is 20.4 Å². The van der Waals surface area contributed by atoms with Gasteiger partial charge in [-0.05, 0) is 31.5 Å². The van der Waals surface area contributed by atoms with Crippen molar-refractivity contribution in [2.45, 2.75) is 25.2 Å². The summed E-state index contributed by atoms with van der Waals surface area (Å²) in [5, 5.41) is 10.8. The first kappa shape index (κ1) is 17.0. The number of piperidine rings is 1. The highest BCUT2D eigenvalue weighted by molar-refractivity contribution is 6.03. The lowest BCUT2D eigenvalue weighted by molar-refractivity contribution is -0.134. The molecule has 2 atom stereocenters. The lowest BCUT2D eigenvalue weighted by Crippen LogP contribution is -2.39. The number of fused-ring (bicyclic) bond motifs is 1. The molecule has 2 aliphatic rings. The van der Waals surface area contributed by atoms with Gasteiger partial charge in [-0.15, -0.1) is 0 Å². The van der Waals surface area contributed by atoms with Gasteiger partial charge in [0.1, 0.15) is 5.52 Å². The number of carbonyl (C=O) groups is 2. The summed E-state index contributed by atoms with van der Waals surface area (Å²) in [6.45, 7) is 2.25. The second-order valence-electron chi connectivity index (χ2n) is 6.96. The minimum Gasteiger partial charge on any atom is -0.488 e. The number of hydrogen-bond acceptors (Lipinski definition) is 5. The van der Waals surface area contributed by atoms with E-state index < -0.39 is 11.7 Å². The third kappa shape index (κ3) is 2.94. The van der Waals surface area contributed by atoms with Gasteiger partial charge in [0, 0.05) is 31.3 Å². The lowest BCUT2D eigenvalue weighted by atomic mass is 9.93. The Labute approximate surface area is 149 Å². The molecule has 7 nitrogen and oxygen atoms in total. The molecule has 4 rings (SSSR count). The van der Waals surface area contributed by atoms with Gasteiger partial charge < -0.3 is 10.1 Å². The Bertz CT molecular complexity index is 873. The number of aryl methyl sites for hydroxylation is 1. The van der Waals surface area contributed by atoms with Gasteiger partial charge in [0.15, 0.2) is 11.6 Å². The molecule has 0 saturated carbocycles. The van der Waals surface area contributed by atoms with E-state index >= 15 is 0 Å². The maximum absolute atomic E-state index is 14.4. The molecule has 0 radical (unpaired) electrons. The Hall–Kier alpha value is -2.48. The second kappa shape index (κ2) is 6.68. The van der Waals surface area contributed by atoms with Gasteiger partial charge in [-0.25, -0.2) is 4.39 Å². The third-order valence-corrected chi connectivity index (χ3v) is 5.14. The van der Waals surface area contributed by atoms with Crippen molar-refractivity contribution in [2.75, 3.05) is 19.7 Å². The normalized spacial score (nSPS) is 23.5. The molecule has 1 aromatic carbocycles. The van der Waals surface area contributed by atoms with E-state index in [9.17, 15) is 14.0 Å². The Morgan fingerprint density at radius 2 is 2.19 bits per heavy atom. The first-order chi connectivity index (χ1) is 12.5. The Kier molecular flexibility index (Phi) is 4.36.